The number of hydrogen-bond acceptors (Lipinski definition) is 2. The molecule has 130 valence electrons. The molecule has 0 unspecified atom stereocenters. The summed E-state index contributed by atoms with van der Waals surface area (Å²) in [4.78, 5) is 12.9. The molecule has 0 spiro atoms. The second kappa shape index (κ2) is 6.41. The monoisotopic (exact) mass is 344 g/mol. The molecule has 3 aromatic rings. The van der Waals surface area contributed by atoms with E-state index >= 15 is 0 Å². The Kier molecular flexibility index (Phi) is 4.08. The molecule has 0 bridgehead atoms. The van der Waals surface area contributed by atoms with Crippen molar-refractivity contribution >= 4 is 22.3 Å². The summed E-state index contributed by atoms with van der Waals surface area (Å²) in [5, 5.41) is 1.99. The van der Waals surface area contributed by atoms with Gasteiger partial charge in [-0.1, -0.05) is 42.0 Å². The molecule has 0 fully saturated rings. The average molecular weight is 344 g/mol. The Balaban J connectivity index is 2.13. The van der Waals surface area contributed by atoms with E-state index in [1.54, 1.807) is 0 Å². The highest BCUT2D eigenvalue weighted by atomic mass is 16.5. The summed E-state index contributed by atoms with van der Waals surface area (Å²) in [5.74, 6) is -0.261. The third-order valence-corrected chi connectivity index (χ3v) is 4.97. The predicted molar refractivity (Wildman–Crippen MR) is 104 cm³/mol. The van der Waals surface area contributed by atoms with Crippen LogP contribution in [0.4, 0.5) is 0 Å². The van der Waals surface area contributed by atoms with E-state index in [0.717, 1.165) is 28.6 Å². The molecule has 0 aliphatic carbocycles. The van der Waals surface area contributed by atoms with Crippen LogP contribution < -0.4 is 4.57 Å². The zero-order valence-electron chi connectivity index (χ0n) is 15.4. The molecule has 26 heavy (non-hydrogen) atoms. The van der Waals surface area contributed by atoms with Gasteiger partial charge >= 0.3 is 5.97 Å². The van der Waals surface area contributed by atoms with Gasteiger partial charge in [-0.3, -0.25) is 0 Å². The number of nitrogens with zero attached hydrogens (tertiary/aromatic N) is 1. The van der Waals surface area contributed by atoms with Gasteiger partial charge in [0, 0.05) is 16.3 Å². The Morgan fingerprint density at radius 1 is 1.04 bits per heavy atom. The number of rotatable bonds is 2. The molecule has 3 heteroatoms. The van der Waals surface area contributed by atoms with Gasteiger partial charge in [0.15, 0.2) is 12.7 Å². The van der Waals surface area contributed by atoms with Crippen LogP contribution in [0.15, 0.2) is 60.3 Å². The predicted octanol–water partition coefficient (Wildman–Crippen LogP) is 4.78. The summed E-state index contributed by atoms with van der Waals surface area (Å²) in [6.45, 7) is 7.25. The summed E-state index contributed by atoms with van der Waals surface area (Å²) in [6, 6.07) is 16.4. The SMILES string of the molecule is CCOC(=O)c1c2[n+](cc3ccccc13)CC(=C(C)C)c1ccccc1-2. The smallest absolute Gasteiger partial charge is 0.345 e. The minimum Gasteiger partial charge on any atom is -0.462 e. The molecule has 0 radical (unpaired) electrons. The van der Waals surface area contributed by atoms with Crippen LogP contribution in [0.1, 0.15) is 36.7 Å². The van der Waals surface area contributed by atoms with Crippen molar-refractivity contribution in [2.24, 2.45) is 0 Å². The lowest BCUT2D eigenvalue weighted by Gasteiger charge is -2.21. The van der Waals surface area contributed by atoms with Crippen LogP contribution in [-0.2, 0) is 11.3 Å². The Hall–Kier alpha value is -2.94. The van der Waals surface area contributed by atoms with Crippen LogP contribution in [0.2, 0.25) is 0 Å². The maximum atomic E-state index is 12.9. The van der Waals surface area contributed by atoms with Crippen molar-refractivity contribution in [3.63, 3.8) is 0 Å². The zero-order valence-corrected chi connectivity index (χ0v) is 15.4. The van der Waals surface area contributed by atoms with Gasteiger partial charge in [0.05, 0.1) is 12.2 Å². The number of esters is 1. The molecule has 0 atom stereocenters. The van der Waals surface area contributed by atoms with E-state index < -0.39 is 0 Å². The Labute approximate surface area is 153 Å². The topological polar surface area (TPSA) is 30.2 Å². The van der Waals surface area contributed by atoms with Crippen LogP contribution in [0, 0.1) is 0 Å². The van der Waals surface area contributed by atoms with Crippen LogP contribution in [0.5, 0.6) is 0 Å². The molecule has 0 saturated heterocycles. The van der Waals surface area contributed by atoms with Crippen LogP contribution >= 0.6 is 0 Å². The van der Waals surface area contributed by atoms with Crippen molar-refractivity contribution in [1.82, 2.24) is 0 Å². The summed E-state index contributed by atoms with van der Waals surface area (Å²) in [5.41, 5.74) is 6.50. The van der Waals surface area contributed by atoms with E-state index in [-0.39, 0.29) is 5.97 Å². The number of benzene rings is 2. The van der Waals surface area contributed by atoms with Crippen molar-refractivity contribution in [3.05, 3.63) is 71.4 Å². The molecule has 0 saturated carbocycles. The first kappa shape index (κ1) is 16.5. The van der Waals surface area contributed by atoms with E-state index in [1.165, 1.54) is 16.7 Å². The lowest BCUT2D eigenvalue weighted by molar-refractivity contribution is -0.673. The third kappa shape index (κ3) is 2.51. The summed E-state index contributed by atoms with van der Waals surface area (Å²) >= 11 is 0. The normalized spacial score (nSPS) is 12.5. The number of hydrogen-bond donors (Lipinski definition) is 0. The molecule has 1 aromatic heterocycles. The maximum absolute atomic E-state index is 12.9. The van der Waals surface area contributed by atoms with Gasteiger partial charge in [-0.25, -0.2) is 4.79 Å². The lowest BCUT2D eigenvalue weighted by atomic mass is 9.87. The van der Waals surface area contributed by atoms with Crippen LogP contribution in [-0.4, -0.2) is 12.6 Å². The van der Waals surface area contributed by atoms with E-state index in [9.17, 15) is 4.79 Å². The Bertz CT molecular complexity index is 1060. The number of ether oxygens (including phenoxy) is 1. The summed E-state index contributed by atoms with van der Waals surface area (Å²) < 4.78 is 7.62. The van der Waals surface area contributed by atoms with Crippen molar-refractivity contribution < 1.29 is 14.1 Å². The van der Waals surface area contributed by atoms with Crippen molar-refractivity contribution in [2.75, 3.05) is 6.61 Å². The molecule has 2 heterocycles. The van der Waals surface area contributed by atoms with Crippen molar-refractivity contribution in [1.29, 1.82) is 0 Å². The first-order chi connectivity index (χ1) is 12.6. The van der Waals surface area contributed by atoms with E-state index in [4.69, 9.17) is 4.74 Å². The van der Waals surface area contributed by atoms with Crippen LogP contribution in [0.3, 0.4) is 0 Å². The van der Waals surface area contributed by atoms with Crippen LogP contribution in [0.25, 0.3) is 27.6 Å². The van der Waals surface area contributed by atoms with Gasteiger partial charge < -0.3 is 4.74 Å². The first-order valence-corrected chi connectivity index (χ1v) is 9.00. The molecule has 4 rings (SSSR count). The minimum atomic E-state index is -0.261. The number of allylic oxidation sites excluding steroid dienone is 2. The molecule has 0 amide bonds. The highest BCUT2D eigenvalue weighted by Gasteiger charge is 2.34. The molecule has 1 aliphatic rings. The molecular formula is C23H22NO2+. The fourth-order valence-electron chi connectivity index (χ4n) is 3.80. The number of carbonyl (C=O) groups is 1. The highest BCUT2D eigenvalue weighted by molar-refractivity contribution is 6.09. The minimum absolute atomic E-state index is 0.261. The van der Waals surface area contributed by atoms with Gasteiger partial charge in [-0.2, -0.15) is 4.57 Å². The quantitative estimate of drug-likeness (QED) is 0.495. The van der Waals surface area contributed by atoms with E-state index in [0.29, 0.717) is 12.2 Å². The Morgan fingerprint density at radius 3 is 2.46 bits per heavy atom. The largest absolute Gasteiger partial charge is 0.462 e. The third-order valence-electron chi connectivity index (χ3n) is 4.97. The van der Waals surface area contributed by atoms with Gasteiger partial charge in [0.2, 0.25) is 5.69 Å². The second-order valence-electron chi connectivity index (χ2n) is 6.81. The Morgan fingerprint density at radius 2 is 1.73 bits per heavy atom. The number of fused-ring (bicyclic) bond motifs is 4. The van der Waals surface area contributed by atoms with Gasteiger partial charge in [0.25, 0.3) is 0 Å². The standard InChI is InChI=1S/C23H22NO2/c1-4-26-23(25)21-17-10-6-5-9-16(17)13-24-14-20(15(2)3)18-11-7-8-12-19(18)22(21)24/h5-13H,4,14H2,1-3H3/q+1. The van der Waals surface area contributed by atoms with Gasteiger partial charge in [0.1, 0.15) is 5.56 Å². The van der Waals surface area contributed by atoms with Gasteiger partial charge in [-0.15, -0.1) is 0 Å². The number of pyridine rings is 1. The summed E-state index contributed by atoms with van der Waals surface area (Å²) in [7, 11) is 0. The molecule has 3 nitrogen and oxygen atoms in total. The fourth-order valence-corrected chi connectivity index (χ4v) is 3.80. The number of aromatic nitrogens is 1. The molecule has 1 aliphatic heterocycles. The second-order valence-corrected chi connectivity index (χ2v) is 6.81. The lowest BCUT2D eigenvalue weighted by Crippen LogP contribution is -2.41. The first-order valence-electron chi connectivity index (χ1n) is 9.00. The van der Waals surface area contributed by atoms with Crippen molar-refractivity contribution in [3.8, 4) is 11.3 Å². The van der Waals surface area contributed by atoms with Gasteiger partial charge in [-0.05, 0) is 38.5 Å². The fraction of sp³-hybridized carbons (Fsp3) is 0.217. The van der Waals surface area contributed by atoms with Crippen molar-refractivity contribution in [2.45, 2.75) is 27.3 Å². The molecule has 0 N–H and O–H groups in total. The average Bonchev–Trinajstić information content (AvgIpc) is 2.65. The molecular weight excluding hydrogens is 322 g/mol. The maximum Gasteiger partial charge on any atom is 0.345 e. The van der Waals surface area contributed by atoms with E-state index in [1.807, 2.05) is 37.3 Å². The molecule has 2 aromatic carbocycles. The number of carbonyl (C=O) groups excluding carboxylic acids is 1. The zero-order chi connectivity index (χ0) is 18.3. The summed E-state index contributed by atoms with van der Waals surface area (Å²) in [6.07, 6.45) is 2.15. The van der Waals surface area contributed by atoms with E-state index in [2.05, 4.69) is 42.8 Å². The highest BCUT2D eigenvalue weighted by Crippen LogP contribution is 2.37.